The van der Waals surface area contributed by atoms with E-state index < -0.39 is 17.5 Å². The van der Waals surface area contributed by atoms with Gasteiger partial charge in [0.1, 0.15) is 12.1 Å². The number of halogens is 1. The summed E-state index contributed by atoms with van der Waals surface area (Å²) in [5.41, 5.74) is 0.566. The first-order valence-electron chi connectivity index (χ1n) is 9.74. The Kier molecular flexibility index (Phi) is 6.77. The van der Waals surface area contributed by atoms with Gasteiger partial charge in [-0.3, -0.25) is 14.5 Å². The topological polar surface area (TPSA) is 81.8 Å². The third-order valence-electron chi connectivity index (χ3n) is 5.17. The molecule has 8 heteroatoms. The Hall–Kier alpha value is -2.87. The summed E-state index contributed by atoms with van der Waals surface area (Å²) in [6.45, 7) is 2.58. The number of anilines is 1. The standard InChI is InChI=1S/C22H25BrN4O3/c1-22(16-8-6-9-17(23)14-16)20(29)27(21(30)25-22)15-19(28)24-12-7-13-26(2)18-10-4-3-5-11-18/h3-6,8-11,14H,7,12-13,15H2,1-2H3,(H,24,28)(H,25,30). The van der Waals surface area contributed by atoms with Gasteiger partial charge in [0.15, 0.2) is 0 Å². The second-order valence-electron chi connectivity index (χ2n) is 7.42. The molecule has 30 heavy (non-hydrogen) atoms. The fourth-order valence-corrected chi connectivity index (χ4v) is 3.79. The number of hydrogen-bond donors (Lipinski definition) is 2. The van der Waals surface area contributed by atoms with Gasteiger partial charge in [-0.05, 0) is 43.2 Å². The highest BCUT2D eigenvalue weighted by molar-refractivity contribution is 9.10. The molecule has 0 bridgehead atoms. The smallest absolute Gasteiger partial charge is 0.325 e. The van der Waals surface area contributed by atoms with Crippen LogP contribution in [-0.4, -0.2) is 49.4 Å². The molecule has 4 amide bonds. The van der Waals surface area contributed by atoms with E-state index in [9.17, 15) is 14.4 Å². The van der Waals surface area contributed by atoms with Crippen molar-refractivity contribution in [1.29, 1.82) is 0 Å². The maximum absolute atomic E-state index is 12.9. The minimum Gasteiger partial charge on any atom is -0.375 e. The number of amides is 4. The van der Waals surface area contributed by atoms with E-state index in [1.54, 1.807) is 25.1 Å². The Labute approximate surface area is 184 Å². The van der Waals surface area contributed by atoms with Crippen molar-refractivity contribution < 1.29 is 14.4 Å². The number of urea groups is 1. The van der Waals surface area contributed by atoms with Gasteiger partial charge in [-0.1, -0.05) is 46.3 Å². The second-order valence-corrected chi connectivity index (χ2v) is 8.33. The summed E-state index contributed by atoms with van der Waals surface area (Å²) in [6.07, 6.45) is 0.743. The van der Waals surface area contributed by atoms with Gasteiger partial charge in [0.25, 0.3) is 5.91 Å². The van der Waals surface area contributed by atoms with Gasteiger partial charge in [0, 0.05) is 30.3 Å². The zero-order valence-corrected chi connectivity index (χ0v) is 18.6. The molecule has 0 spiro atoms. The van der Waals surface area contributed by atoms with Crippen LogP contribution in [0.3, 0.4) is 0 Å². The van der Waals surface area contributed by atoms with Crippen molar-refractivity contribution >= 4 is 39.5 Å². The molecule has 0 aliphatic carbocycles. The van der Waals surface area contributed by atoms with Crippen LogP contribution >= 0.6 is 15.9 Å². The molecule has 1 unspecified atom stereocenters. The number of imide groups is 1. The Bertz CT molecular complexity index is 937. The van der Waals surface area contributed by atoms with Crippen LogP contribution in [-0.2, 0) is 15.1 Å². The van der Waals surface area contributed by atoms with Gasteiger partial charge in [0.05, 0.1) is 0 Å². The summed E-state index contributed by atoms with van der Waals surface area (Å²) in [5, 5.41) is 5.50. The minimum absolute atomic E-state index is 0.303. The molecule has 1 fully saturated rings. The van der Waals surface area contributed by atoms with Gasteiger partial charge in [-0.25, -0.2) is 4.79 Å². The molecule has 1 aliphatic rings. The van der Waals surface area contributed by atoms with Crippen LogP contribution in [0, 0.1) is 0 Å². The third kappa shape index (κ3) is 4.81. The van der Waals surface area contributed by atoms with E-state index in [0.29, 0.717) is 12.1 Å². The zero-order valence-electron chi connectivity index (χ0n) is 17.0. The molecule has 3 rings (SSSR count). The summed E-state index contributed by atoms with van der Waals surface area (Å²) >= 11 is 3.38. The number of para-hydroxylation sites is 1. The quantitative estimate of drug-likeness (QED) is 0.457. The van der Waals surface area contributed by atoms with E-state index in [2.05, 4.69) is 31.5 Å². The second kappa shape index (κ2) is 9.30. The Morgan fingerprint density at radius 2 is 1.90 bits per heavy atom. The highest BCUT2D eigenvalue weighted by Gasteiger charge is 2.49. The predicted octanol–water partition coefficient (Wildman–Crippen LogP) is 2.86. The molecule has 0 aromatic heterocycles. The Morgan fingerprint density at radius 1 is 1.17 bits per heavy atom. The minimum atomic E-state index is -1.19. The monoisotopic (exact) mass is 472 g/mol. The Morgan fingerprint density at radius 3 is 2.60 bits per heavy atom. The zero-order chi connectivity index (χ0) is 21.7. The van der Waals surface area contributed by atoms with Crippen LogP contribution < -0.4 is 15.5 Å². The van der Waals surface area contributed by atoms with Gasteiger partial charge in [-0.15, -0.1) is 0 Å². The first kappa shape index (κ1) is 21.8. The SMILES string of the molecule is CN(CCCNC(=O)CN1C(=O)NC(C)(c2cccc(Br)c2)C1=O)c1ccccc1. The molecular weight excluding hydrogens is 448 g/mol. The van der Waals surface area contributed by atoms with E-state index in [-0.39, 0.29) is 12.5 Å². The molecule has 7 nitrogen and oxygen atoms in total. The van der Waals surface area contributed by atoms with Crippen LogP contribution in [0.5, 0.6) is 0 Å². The largest absolute Gasteiger partial charge is 0.375 e. The molecular formula is C22H25BrN4O3. The van der Waals surface area contributed by atoms with Crippen LogP contribution in [0.4, 0.5) is 10.5 Å². The molecule has 2 N–H and O–H groups in total. The fraction of sp³-hybridized carbons (Fsp3) is 0.318. The third-order valence-corrected chi connectivity index (χ3v) is 5.66. The van der Waals surface area contributed by atoms with Gasteiger partial charge in [0.2, 0.25) is 5.91 Å². The van der Waals surface area contributed by atoms with Crippen molar-refractivity contribution in [3.05, 3.63) is 64.6 Å². The van der Waals surface area contributed by atoms with Crippen molar-refractivity contribution in [3.63, 3.8) is 0 Å². The van der Waals surface area contributed by atoms with E-state index >= 15 is 0 Å². The molecule has 158 valence electrons. The van der Waals surface area contributed by atoms with Crippen LogP contribution in [0.1, 0.15) is 18.9 Å². The number of hydrogen-bond acceptors (Lipinski definition) is 4. The number of benzene rings is 2. The van der Waals surface area contributed by atoms with Crippen molar-refractivity contribution in [2.75, 3.05) is 31.6 Å². The van der Waals surface area contributed by atoms with Gasteiger partial charge >= 0.3 is 6.03 Å². The maximum atomic E-state index is 12.9. The first-order valence-corrected chi connectivity index (χ1v) is 10.5. The maximum Gasteiger partial charge on any atom is 0.325 e. The van der Waals surface area contributed by atoms with E-state index in [1.807, 2.05) is 43.4 Å². The van der Waals surface area contributed by atoms with E-state index in [1.165, 1.54) is 0 Å². The predicted molar refractivity (Wildman–Crippen MR) is 119 cm³/mol. The molecule has 0 saturated carbocycles. The highest BCUT2D eigenvalue weighted by Crippen LogP contribution is 2.30. The van der Waals surface area contributed by atoms with Gasteiger partial charge in [-0.2, -0.15) is 0 Å². The fourth-order valence-electron chi connectivity index (χ4n) is 3.39. The average Bonchev–Trinajstić information content (AvgIpc) is 2.95. The normalized spacial score (nSPS) is 18.3. The van der Waals surface area contributed by atoms with E-state index in [4.69, 9.17) is 0 Å². The summed E-state index contributed by atoms with van der Waals surface area (Å²) < 4.78 is 0.805. The molecule has 2 aromatic carbocycles. The number of nitrogens with one attached hydrogen (secondary N) is 2. The van der Waals surface area contributed by atoms with Crippen molar-refractivity contribution in [2.45, 2.75) is 18.9 Å². The summed E-state index contributed by atoms with van der Waals surface area (Å²) in [7, 11) is 1.99. The number of rotatable bonds is 8. The first-order chi connectivity index (χ1) is 14.3. The molecule has 0 radical (unpaired) electrons. The average molecular weight is 473 g/mol. The summed E-state index contributed by atoms with van der Waals surface area (Å²) in [5.74, 6) is -0.802. The summed E-state index contributed by atoms with van der Waals surface area (Å²) in [4.78, 5) is 40.6. The van der Waals surface area contributed by atoms with Crippen molar-refractivity contribution in [3.8, 4) is 0 Å². The van der Waals surface area contributed by atoms with Crippen molar-refractivity contribution in [1.82, 2.24) is 15.5 Å². The number of carbonyl (C=O) groups is 3. The molecule has 1 aliphatic heterocycles. The van der Waals surface area contributed by atoms with Crippen LogP contribution in [0.25, 0.3) is 0 Å². The van der Waals surface area contributed by atoms with Crippen LogP contribution in [0.2, 0.25) is 0 Å². The van der Waals surface area contributed by atoms with Crippen molar-refractivity contribution in [2.24, 2.45) is 0 Å². The van der Waals surface area contributed by atoms with Gasteiger partial charge < -0.3 is 15.5 Å². The molecule has 2 aromatic rings. The summed E-state index contributed by atoms with van der Waals surface area (Å²) in [6, 6.07) is 16.6. The highest BCUT2D eigenvalue weighted by atomic mass is 79.9. The lowest BCUT2D eigenvalue weighted by Gasteiger charge is -2.22. The lowest BCUT2D eigenvalue weighted by Crippen LogP contribution is -2.43. The van der Waals surface area contributed by atoms with Crippen LogP contribution in [0.15, 0.2) is 59.1 Å². The molecule has 1 saturated heterocycles. The number of carbonyl (C=O) groups excluding carboxylic acids is 3. The van der Waals surface area contributed by atoms with E-state index in [0.717, 1.165) is 28.0 Å². The lowest BCUT2D eigenvalue weighted by atomic mass is 9.92. The lowest BCUT2D eigenvalue weighted by molar-refractivity contribution is -0.134. The number of nitrogens with zero attached hydrogens (tertiary/aromatic N) is 2. The molecule has 1 atom stereocenters. The molecule has 1 heterocycles. The Balaban J connectivity index is 1.50.